The maximum absolute atomic E-state index is 13.6. The van der Waals surface area contributed by atoms with Crippen LogP contribution in [0.25, 0.3) is 0 Å². The molecule has 1 rings (SSSR count). The van der Waals surface area contributed by atoms with Gasteiger partial charge in [-0.05, 0) is 12.1 Å². The minimum absolute atomic E-state index is 0.0267. The lowest BCUT2D eigenvalue weighted by Crippen LogP contribution is -2.06. The van der Waals surface area contributed by atoms with E-state index in [4.69, 9.17) is 9.84 Å². The number of hydrogen-bond donors (Lipinski definition) is 1. The molecule has 0 spiro atoms. The van der Waals surface area contributed by atoms with E-state index in [1.807, 2.05) is 0 Å². The van der Waals surface area contributed by atoms with Gasteiger partial charge in [0.25, 0.3) is 0 Å². The van der Waals surface area contributed by atoms with Crippen LogP contribution in [-0.2, 0) is 4.79 Å². The maximum Gasteiger partial charge on any atom is 0.303 e. The first kappa shape index (κ1) is 12.2. The van der Waals surface area contributed by atoms with Crippen molar-refractivity contribution >= 4 is 11.8 Å². The SMILES string of the molecule is COc1cccc(C(=O)CCC(=O)O)c1F. The van der Waals surface area contributed by atoms with Gasteiger partial charge in [-0.15, -0.1) is 0 Å². The molecular weight excluding hydrogens is 215 g/mol. The quantitative estimate of drug-likeness (QED) is 0.778. The third-order valence-corrected chi connectivity index (χ3v) is 2.05. The fourth-order valence-electron chi connectivity index (χ4n) is 1.24. The molecule has 5 heteroatoms. The highest BCUT2D eigenvalue weighted by atomic mass is 19.1. The summed E-state index contributed by atoms with van der Waals surface area (Å²) in [5.74, 6) is -2.41. The number of ketones is 1. The largest absolute Gasteiger partial charge is 0.494 e. The van der Waals surface area contributed by atoms with Gasteiger partial charge in [0.05, 0.1) is 19.1 Å². The molecule has 0 amide bonds. The first-order valence-electron chi connectivity index (χ1n) is 4.63. The number of carbonyl (C=O) groups excluding carboxylic acids is 1. The van der Waals surface area contributed by atoms with E-state index in [-0.39, 0.29) is 24.2 Å². The Labute approximate surface area is 91.7 Å². The third kappa shape index (κ3) is 2.79. The van der Waals surface area contributed by atoms with Gasteiger partial charge in [0.1, 0.15) is 0 Å². The zero-order valence-corrected chi connectivity index (χ0v) is 8.70. The number of ether oxygens (including phenoxy) is 1. The monoisotopic (exact) mass is 226 g/mol. The van der Waals surface area contributed by atoms with Crippen LogP contribution in [0.1, 0.15) is 23.2 Å². The maximum atomic E-state index is 13.6. The number of carboxylic acid groups (broad SMARTS) is 1. The molecule has 0 unspecified atom stereocenters. The second-order valence-electron chi connectivity index (χ2n) is 3.14. The van der Waals surface area contributed by atoms with E-state index in [1.54, 1.807) is 0 Å². The minimum Gasteiger partial charge on any atom is -0.494 e. The van der Waals surface area contributed by atoms with Crippen LogP contribution in [0.3, 0.4) is 0 Å². The number of methoxy groups -OCH3 is 1. The predicted molar refractivity (Wildman–Crippen MR) is 54.2 cm³/mol. The smallest absolute Gasteiger partial charge is 0.303 e. The molecule has 0 radical (unpaired) electrons. The highest BCUT2D eigenvalue weighted by molar-refractivity contribution is 5.98. The van der Waals surface area contributed by atoms with Crippen LogP contribution in [0, 0.1) is 5.82 Å². The number of halogens is 1. The number of carboxylic acids is 1. The Balaban J connectivity index is 2.87. The van der Waals surface area contributed by atoms with Crippen molar-refractivity contribution in [2.75, 3.05) is 7.11 Å². The molecule has 0 heterocycles. The average molecular weight is 226 g/mol. The van der Waals surface area contributed by atoms with Crippen molar-refractivity contribution in [3.8, 4) is 5.75 Å². The Hall–Kier alpha value is -1.91. The van der Waals surface area contributed by atoms with Crippen LogP contribution in [0.2, 0.25) is 0 Å². The van der Waals surface area contributed by atoms with Crippen molar-refractivity contribution in [2.45, 2.75) is 12.8 Å². The number of aliphatic carboxylic acids is 1. The Bertz CT molecular complexity index is 414. The molecule has 0 atom stereocenters. The Morgan fingerprint density at radius 3 is 2.62 bits per heavy atom. The van der Waals surface area contributed by atoms with Crippen LogP contribution < -0.4 is 4.74 Å². The summed E-state index contributed by atoms with van der Waals surface area (Å²) in [6, 6.07) is 4.18. The molecule has 86 valence electrons. The topological polar surface area (TPSA) is 63.6 Å². The average Bonchev–Trinajstić information content (AvgIpc) is 2.26. The van der Waals surface area contributed by atoms with Crippen molar-refractivity contribution in [3.05, 3.63) is 29.6 Å². The Kier molecular flexibility index (Phi) is 3.99. The predicted octanol–water partition coefficient (Wildman–Crippen LogP) is 1.88. The van der Waals surface area contributed by atoms with Gasteiger partial charge < -0.3 is 9.84 Å². The lowest BCUT2D eigenvalue weighted by molar-refractivity contribution is -0.136. The number of hydrogen-bond acceptors (Lipinski definition) is 3. The van der Waals surface area contributed by atoms with E-state index in [1.165, 1.54) is 25.3 Å². The number of carbonyl (C=O) groups is 2. The fraction of sp³-hybridized carbons (Fsp3) is 0.273. The summed E-state index contributed by atoms with van der Waals surface area (Å²) >= 11 is 0. The molecule has 1 N–H and O–H groups in total. The molecule has 0 bridgehead atoms. The lowest BCUT2D eigenvalue weighted by Gasteiger charge is -2.05. The normalized spacial score (nSPS) is 9.88. The molecule has 1 aromatic rings. The third-order valence-electron chi connectivity index (χ3n) is 2.05. The van der Waals surface area contributed by atoms with Gasteiger partial charge in [0, 0.05) is 6.42 Å². The van der Waals surface area contributed by atoms with Crippen LogP contribution in [0.15, 0.2) is 18.2 Å². The molecule has 0 aromatic heterocycles. The summed E-state index contributed by atoms with van der Waals surface area (Å²) < 4.78 is 18.3. The lowest BCUT2D eigenvalue weighted by atomic mass is 10.1. The van der Waals surface area contributed by atoms with Crippen LogP contribution in [0.5, 0.6) is 5.75 Å². The molecule has 4 nitrogen and oxygen atoms in total. The number of rotatable bonds is 5. The van der Waals surface area contributed by atoms with E-state index in [9.17, 15) is 14.0 Å². The molecule has 1 aromatic carbocycles. The molecule has 0 fully saturated rings. The highest BCUT2D eigenvalue weighted by Crippen LogP contribution is 2.21. The second kappa shape index (κ2) is 5.25. The van der Waals surface area contributed by atoms with Gasteiger partial charge in [-0.3, -0.25) is 9.59 Å². The van der Waals surface area contributed by atoms with E-state index in [2.05, 4.69) is 0 Å². The molecule has 16 heavy (non-hydrogen) atoms. The van der Waals surface area contributed by atoms with Crippen molar-refractivity contribution in [1.29, 1.82) is 0 Å². The van der Waals surface area contributed by atoms with Crippen molar-refractivity contribution in [3.63, 3.8) is 0 Å². The van der Waals surface area contributed by atoms with Gasteiger partial charge >= 0.3 is 5.97 Å². The van der Waals surface area contributed by atoms with Crippen molar-refractivity contribution < 1.29 is 23.8 Å². The zero-order chi connectivity index (χ0) is 12.1. The summed E-state index contributed by atoms with van der Waals surface area (Å²) in [4.78, 5) is 21.8. The van der Waals surface area contributed by atoms with Gasteiger partial charge in [-0.2, -0.15) is 0 Å². The summed E-state index contributed by atoms with van der Waals surface area (Å²) in [6.07, 6.45) is -0.533. The van der Waals surface area contributed by atoms with Gasteiger partial charge in [-0.25, -0.2) is 4.39 Å². The first-order chi connectivity index (χ1) is 7.56. The fourth-order valence-corrected chi connectivity index (χ4v) is 1.24. The number of benzene rings is 1. The zero-order valence-electron chi connectivity index (χ0n) is 8.70. The van der Waals surface area contributed by atoms with Crippen molar-refractivity contribution in [2.24, 2.45) is 0 Å². The first-order valence-corrected chi connectivity index (χ1v) is 4.63. The van der Waals surface area contributed by atoms with E-state index in [0.29, 0.717) is 0 Å². The molecule has 0 saturated carbocycles. The van der Waals surface area contributed by atoms with E-state index in [0.717, 1.165) is 0 Å². The second-order valence-corrected chi connectivity index (χ2v) is 3.14. The Morgan fingerprint density at radius 2 is 2.06 bits per heavy atom. The van der Waals surface area contributed by atoms with E-state index < -0.39 is 17.6 Å². The summed E-state index contributed by atoms with van der Waals surface area (Å²) in [6.45, 7) is 0. The standard InChI is InChI=1S/C11H11FO4/c1-16-9-4-2-3-7(11(9)12)8(13)5-6-10(14)15/h2-4H,5-6H2,1H3,(H,14,15). The molecule has 0 saturated heterocycles. The summed E-state index contributed by atoms with van der Waals surface area (Å²) in [5, 5.41) is 8.41. The summed E-state index contributed by atoms with van der Waals surface area (Å²) in [5.41, 5.74) is -0.138. The van der Waals surface area contributed by atoms with E-state index >= 15 is 0 Å². The van der Waals surface area contributed by atoms with Gasteiger partial charge in [0.15, 0.2) is 17.3 Å². The van der Waals surface area contributed by atoms with Crippen LogP contribution >= 0.6 is 0 Å². The van der Waals surface area contributed by atoms with Crippen molar-refractivity contribution in [1.82, 2.24) is 0 Å². The minimum atomic E-state index is -1.09. The highest BCUT2D eigenvalue weighted by Gasteiger charge is 2.15. The van der Waals surface area contributed by atoms with Gasteiger partial charge in [-0.1, -0.05) is 6.07 Å². The molecule has 0 aliphatic carbocycles. The Morgan fingerprint density at radius 1 is 1.38 bits per heavy atom. The summed E-state index contributed by atoms with van der Waals surface area (Å²) in [7, 11) is 1.30. The molecule has 0 aliphatic rings. The number of Topliss-reactive ketones (excluding diaryl/α,β-unsaturated/α-hetero) is 1. The molecular formula is C11H11FO4. The van der Waals surface area contributed by atoms with Crippen LogP contribution in [0.4, 0.5) is 4.39 Å². The van der Waals surface area contributed by atoms with Crippen LogP contribution in [-0.4, -0.2) is 24.0 Å². The molecule has 0 aliphatic heterocycles. The van der Waals surface area contributed by atoms with Gasteiger partial charge in [0.2, 0.25) is 0 Å².